The summed E-state index contributed by atoms with van der Waals surface area (Å²) >= 11 is 2.16. The summed E-state index contributed by atoms with van der Waals surface area (Å²) in [6, 6.07) is 20.9. The number of carbonyl (C=O) groups excluding carboxylic acids is 3. The highest BCUT2D eigenvalue weighted by atomic mass is 32.2. The number of H-pyrrole nitrogens is 1. The second-order valence-corrected chi connectivity index (χ2v) is 13.3. The van der Waals surface area contributed by atoms with Crippen molar-refractivity contribution in [2.75, 3.05) is 16.8 Å². The average Bonchev–Trinajstić information content (AvgIpc) is 3.46. The minimum absolute atomic E-state index is 0.0909. The van der Waals surface area contributed by atoms with E-state index in [4.69, 9.17) is 9.88 Å². The Bertz CT molecular complexity index is 1870. The molecule has 3 heterocycles. The summed E-state index contributed by atoms with van der Waals surface area (Å²) in [6.45, 7) is -0.400. The van der Waals surface area contributed by atoms with Crippen LogP contribution in [0.3, 0.4) is 0 Å². The summed E-state index contributed by atoms with van der Waals surface area (Å²) in [5.74, 6) is -2.42. The Balaban J connectivity index is 1.29. The van der Waals surface area contributed by atoms with Crippen molar-refractivity contribution in [3.05, 3.63) is 99.0 Å². The number of thiazole rings is 1. The predicted molar refractivity (Wildman–Crippen MR) is 157 cm³/mol. The van der Waals surface area contributed by atoms with Gasteiger partial charge in [-0.1, -0.05) is 59.5 Å². The molecule has 0 radical (unpaired) electrons. The van der Waals surface area contributed by atoms with Crippen molar-refractivity contribution in [2.45, 2.75) is 21.1 Å². The van der Waals surface area contributed by atoms with E-state index in [0.29, 0.717) is 32.6 Å². The summed E-state index contributed by atoms with van der Waals surface area (Å²) in [4.78, 5) is 56.8. The molecule has 1 fully saturated rings. The van der Waals surface area contributed by atoms with E-state index in [1.54, 1.807) is 54.6 Å². The number of benzene rings is 3. The quantitative estimate of drug-likeness (QED) is 0.264. The SMILES string of the molecule is NS(=O)(=O)c1ccc(NC(=O)COc2ccccc2[C@H]2c3sc(=O)[nH]c3SC3C(=O)N(c4ccccc4)C(=O)C32)cc1. The number of nitrogens with zero attached hydrogens (tertiary/aromatic N) is 1. The van der Waals surface area contributed by atoms with E-state index in [1.165, 1.54) is 40.9 Å². The number of nitrogens with one attached hydrogen (secondary N) is 2. The van der Waals surface area contributed by atoms with Crippen LogP contribution in [0.15, 0.2) is 93.6 Å². The van der Waals surface area contributed by atoms with Crippen LogP contribution in [0, 0.1) is 5.92 Å². The number of sulfonamides is 1. The Labute approximate surface area is 247 Å². The van der Waals surface area contributed by atoms with E-state index >= 15 is 0 Å². The minimum Gasteiger partial charge on any atom is -0.483 e. The number of thioether (sulfide) groups is 1. The molecule has 4 N–H and O–H groups in total. The first-order valence-corrected chi connectivity index (χ1v) is 15.8. The zero-order valence-electron chi connectivity index (χ0n) is 21.6. The predicted octanol–water partition coefficient (Wildman–Crippen LogP) is 2.90. The van der Waals surface area contributed by atoms with E-state index in [0.717, 1.165) is 11.3 Å². The highest BCUT2D eigenvalue weighted by Gasteiger charge is 2.56. The van der Waals surface area contributed by atoms with E-state index < -0.39 is 39.6 Å². The number of fused-ring (bicyclic) bond motifs is 2. The summed E-state index contributed by atoms with van der Waals surface area (Å²) in [6.07, 6.45) is 0. The fourth-order valence-electron chi connectivity index (χ4n) is 5.12. The molecule has 11 nitrogen and oxygen atoms in total. The molecular formula is C28H22N4O7S3. The molecule has 0 bridgehead atoms. The van der Waals surface area contributed by atoms with Crippen LogP contribution in [-0.4, -0.2) is 43.0 Å². The third kappa shape index (κ3) is 5.13. The van der Waals surface area contributed by atoms with Gasteiger partial charge in [-0.25, -0.2) is 18.5 Å². The van der Waals surface area contributed by atoms with Crippen LogP contribution in [-0.2, 0) is 24.4 Å². The van der Waals surface area contributed by atoms with Crippen molar-refractivity contribution in [3.63, 3.8) is 0 Å². The Morgan fingerprint density at radius 2 is 1.64 bits per heavy atom. The molecule has 3 amide bonds. The number of para-hydroxylation sites is 2. The summed E-state index contributed by atoms with van der Waals surface area (Å²) in [5.41, 5.74) is 1.37. The number of amides is 3. The van der Waals surface area contributed by atoms with Crippen molar-refractivity contribution in [3.8, 4) is 5.75 Å². The molecule has 3 aromatic carbocycles. The van der Waals surface area contributed by atoms with Gasteiger partial charge in [0.2, 0.25) is 21.8 Å². The third-order valence-electron chi connectivity index (χ3n) is 6.92. The normalized spacial score (nSPS) is 19.7. The molecule has 2 aliphatic heterocycles. The molecule has 1 saturated heterocycles. The molecule has 4 aromatic rings. The van der Waals surface area contributed by atoms with Crippen molar-refractivity contribution < 1.29 is 27.5 Å². The molecule has 2 unspecified atom stereocenters. The molecular weight excluding hydrogens is 601 g/mol. The largest absolute Gasteiger partial charge is 0.483 e. The highest BCUT2D eigenvalue weighted by Crippen LogP contribution is 2.54. The zero-order valence-corrected chi connectivity index (χ0v) is 24.0. The summed E-state index contributed by atoms with van der Waals surface area (Å²) in [7, 11) is -3.87. The summed E-state index contributed by atoms with van der Waals surface area (Å²) in [5, 5.41) is 7.51. The second kappa shape index (κ2) is 10.9. The van der Waals surface area contributed by atoms with E-state index in [2.05, 4.69) is 10.3 Å². The van der Waals surface area contributed by atoms with Crippen LogP contribution in [0.4, 0.5) is 11.4 Å². The maximum atomic E-state index is 13.9. The third-order valence-corrected chi connectivity index (χ3v) is 10.2. The number of aromatic nitrogens is 1. The van der Waals surface area contributed by atoms with Gasteiger partial charge < -0.3 is 15.0 Å². The number of nitrogens with two attached hydrogens (primary N) is 1. The van der Waals surface area contributed by atoms with Gasteiger partial charge in [-0.2, -0.15) is 0 Å². The molecule has 6 rings (SSSR count). The topological polar surface area (TPSA) is 169 Å². The lowest BCUT2D eigenvalue weighted by Crippen LogP contribution is -2.32. The zero-order chi connectivity index (χ0) is 29.6. The number of hydrogen-bond acceptors (Lipinski definition) is 9. The number of carbonyl (C=O) groups is 3. The molecule has 2 aliphatic rings. The minimum atomic E-state index is -3.87. The number of imide groups is 1. The van der Waals surface area contributed by atoms with Gasteiger partial charge in [0.05, 0.1) is 21.5 Å². The van der Waals surface area contributed by atoms with Gasteiger partial charge in [-0.05, 0) is 42.5 Å². The Kier molecular flexibility index (Phi) is 7.22. The molecule has 0 aliphatic carbocycles. The van der Waals surface area contributed by atoms with Crippen molar-refractivity contribution in [2.24, 2.45) is 11.1 Å². The Morgan fingerprint density at radius 1 is 0.952 bits per heavy atom. The van der Waals surface area contributed by atoms with E-state index in [9.17, 15) is 27.6 Å². The lowest BCUT2D eigenvalue weighted by Gasteiger charge is -2.30. The van der Waals surface area contributed by atoms with Gasteiger partial charge in [0, 0.05) is 22.0 Å². The van der Waals surface area contributed by atoms with Gasteiger partial charge >= 0.3 is 4.87 Å². The van der Waals surface area contributed by atoms with Crippen LogP contribution in [0.1, 0.15) is 16.4 Å². The lowest BCUT2D eigenvalue weighted by molar-refractivity contribution is -0.122. The van der Waals surface area contributed by atoms with Crippen LogP contribution < -0.4 is 25.0 Å². The maximum absolute atomic E-state index is 13.9. The van der Waals surface area contributed by atoms with E-state index in [1.807, 2.05) is 0 Å². The lowest BCUT2D eigenvalue weighted by atomic mass is 9.82. The number of anilines is 2. The smallest absolute Gasteiger partial charge is 0.305 e. The summed E-state index contributed by atoms with van der Waals surface area (Å²) < 4.78 is 28.9. The second-order valence-electron chi connectivity index (χ2n) is 9.54. The molecule has 0 spiro atoms. The van der Waals surface area contributed by atoms with Gasteiger partial charge in [0.1, 0.15) is 11.0 Å². The average molecular weight is 623 g/mol. The fraction of sp³-hybridized carbons (Fsp3) is 0.143. The molecule has 42 heavy (non-hydrogen) atoms. The first kappa shape index (κ1) is 27.9. The van der Waals surface area contributed by atoms with Gasteiger partial charge in [0.25, 0.3) is 5.91 Å². The first-order valence-electron chi connectivity index (χ1n) is 12.6. The van der Waals surface area contributed by atoms with Crippen LogP contribution in [0.5, 0.6) is 5.75 Å². The number of aromatic amines is 1. The van der Waals surface area contributed by atoms with Crippen LogP contribution in [0.25, 0.3) is 0 Å². The van der Waals surface area contributed by atoms with Crippen LogP contribution in [0.2, 0.25) is 0 Å². The molecule has 14 heteroatoms. The molecule has 214 valence electrons. The standard InChI is InChI=1S/C28H22N4O7S3/c29-42(37,38)17-12-10-15(11-13-17)30-20(33)14-39-19-9-5-4-8-18(19)21-22-24(40-25-23(21)41-28(36)31-25)27(35)32(26(22)34)16-6-2-1-3-7-16/h1-13,21-22,24H,14H2,(H,30,33)(H,31,36)(H2,29,37,38)/t21-,22?,24?/m1/s1. The number of ether oxygens (including phenoxy) is 1. The number of rotatable bonds is 7. The first-order chi connectivity index (χ1) is 20.1. The van der Waals surface area contributed by atoms with Crippen molar-refractivity contribution in [1.29, 1.82) is 0 Å². The van der Waals surface area contributed by atoms with Gasteiger partial charge in [-0.3, -0.25) is 19.2 Å². The Hall–Kier alpha value is -4.24. The fourth-order valence-corrected chi connectivity index (χ4v) is 8.14. The monoisotopic (exact) mass is 622 g/mol. The van der Waals surface area contributed by atoms with E-state index in [-0.39, 0.29) is 21.6 Å². The number of primary sulfonamides is 1. The highest BCUT2D eigenvalue weighted by molar-refractivity contribution is 8.00. The van der Waals surface area contributed by atoms with Crippen LogP contribution >= 0.6 is 23.1 Å². The molecule has 1 aromatic heterocycles. The number of hydrogen-bond donors (Lipinski definition) is 3. The molecule has 0 saturated carbocycles. The molecule has 3 atom stereocenters. The van der Waals surface area contributed by atoms with Crippen molar-refractivity contribution in [1.82, 2.24) is 4.98 Å². The maximum Gasteiger partial charge on any atom is 0.305 e. The van der Waals surface area contributed by atoms with Gasteiger partial charge in [-0.15, -0.1) is 0 Å². The Morgan fingerprint density at radius 3 is 2.36 bits per heavy atom. The van der Waals surface area contributed by atoms with Crippen molar-refractivity contribution >= 4 is 62.2 Å². The van der Waals surface area contributed by atoms with Gasteiger partial charge in [0.15, 0.2) is 6.61 Å².